The largest absolute Gasteiger partial charge is 0.480 e. The maximum atomic E-state index is 11.1. The molecule has 0 unspecified atom stereocenters. The van der Waals surface area contributed by atoms with Crippen molar-refractivity contribution in [1.82, 2.24) is 4.90 Å². The van der Waals surface area contributed by atoms with Crippen molar-refractivity contribution >= 4 is 5.97 Å². The molecule has 1 N–H and O–H groups in total. The standard InChI is InChI=1S/C10H19NO3/c1-7-5-11(6-8(2)14-7)10(3,4)9(12)13/h7-8H,5-6H2,1-4H3,(H,12,13)/t7-,8-/m0/s1. The third-order valence-electron chi connectivity index (χ3n) is 2.73. The fraction of sp³-hybridized carbons (Fsp3) is 0.900. The molecule has 4 nitrogen and oxygen atoms in total. The van der Waals surface area contributed by atoms with E-state index < -0.39 is 11.5 Å². The summed E-state index contributed by atoms with van der Waals surface area (Å²) in [6, 6.07) is 0. The highest BCUT2D eigenvalue weighted by molar-refractivity contribution is 5.77. The molecule has 1 aliphatic heterocycles. The second-order valence-corrected chi connectivity index (χ2v) is 4.53. The van der Waals surface area contributed by atoms with Gasteiger partial charge in [-0.3, -0.25) is 9.69 Å². The van der Waals surface area contributed by atoms with Crippen molar-refractivity contribution < 1.29 is 14.6 Å². The molecule has 0 aliphatic carbocycles. The van der Waals surface area contributed by atoms with Crippen LogP contribution in [0.25, 0.3) is 0 Å². The van der Waals surface area contributed by atoms with Crippen LogP contribution in [0.2, 0.25) is 0 Å². The monoisotopic (exact) mass is 201 g/mol. The van der Waals surface area contributed by atoms with Crippen LogP contribution in [0.1, 0.15) is 27.7 Å². The first-order valence-corrected chi connectivity index (χ1v) is 4.98. The molecule has 0 radical (unpaired) electrons. The van der Waals surface area contributed by atoms with Crippen LogP contribution >= 0.6 is 0 Å². The first kappa shape index (κ1) is 11.5. The van der Waals surface area contributed by atoms with Crippen LogP contribution in [-0.2, 0) is 9.53 Å². The van der Waals surface area contributed by atoms with Crippen molar-refractivity contribution in [3.05, 3.63) is 0 Å². The Kier molecular flexibility index (Phi) is 3.17. The molecule has 0 aromatic carbocycles. The van der Waals surface area contributed by atoms with Gasteiger partial charge < -0.3 is 9.84 Å². The lowest BCUT2D eigenvalue weighted by Gasteiger charge is -2.42. The molecular formula is C10H19NO3. The van der Waals surface area contributed by atoms with E-state index in [0.717, 1.165) is 0 Å². The van der Waals surface area contributed by atoms with E-state index in [-0.39, 0.29) is 12.2 Å². The third kappa shape index (κ3) is 2.25. The Balaban J connectivity index is 2.72. The molecule has 0 aromatic heterocycles. The number of carboxylic acids is 1. The van der Waals surface area contributed by atoms with E-state index >= 15 is 0 Å². The fourth-order valence-electron chi connectivity index (χ4n) is 1.77. The van der Waals surface area contributed by atoms with Gasteiger partial charge in [0.25, 0.3) is 0 Å². The van der Waals surface area contributed by atoms with Crippen LogP contribution in [-0.4, -0.2) is 46.8 Å². The van der Waals surface area contributed by atoms with Crippen LogP contribution in [0.15, 0.2) is 0 Å². The van der Waals surface area contributed by atoms with Crippen LogP contribution in [0.5, 0.6) is 0 Å². The number of ether oxygens (including phenoxy) is 1. The average molecular weight is 201 g/mol. The minimum Gasteiger partial charge on any atom is -0.480 e. The van der Waals surface area contributed by atoms with Gasteiger partial charge in [-0.05, 0) is 27.7 Å². The minimum atomic E-state index is -0.799. The van der Waals surface area contributed by atoms with Gasteiger partial charge in [0.1, 0.15) is 5.54 Å². The van der Waals surface area contributed by atoms with Gasteiger partial charge in [-0.1, -0.05) is 0 Å². The maximum Gasteiger partial charge on any atom is 0.323 e. The van der Waals surface area contributed by atoms with Crippen molar-refractivity contribution in [2.45, 2.75) is 45.4 Å². The lowest BCUT2D eigenvalue weighted by Crippen LogP contribution is -2.58. The summed E-state index contributed by atoms with van der Waals surface area (Å²) in [6.07, 6.45) is 0.217. The van der Waals surface area contributed by atoms with Crippen LogP contribution in [0.4, 0.5) is 0 Å². The van der Waals surface area contributed by atoms with E-state index in [1.165, 1.54) is 0 Å². The predicted octanol–water partition coefficient (Wildman–Crippen LogP) is 0.959. The highest BCUT2D eigenvalue weighted by Crippen LogP contribution is 2.21. The van der Waals surface area contributed by atoms with E-state index in [1.807, 2.05) is 18.7 Å². The third-order valence-corrected chi connectivity index (χ3v) is 2.73. The van der Waals surface area contributed by atoms with Crippen molar-refractivity contribution in [3.8, 4) is 0 Å². The minimum absolute atomic E-state index is 0.109. The molecule has 0 saturated carbocycles. The quantitative estimate of drug-likeness (QED) is 0.723. The van der Waals surface area contributed by atoms with Crippen molar-refractivity contribution in [2.75, 3.05) is 13.1 Å². The molecule has 0 amide bonds. The molecule has 0 bridgehead atoms. The molecule has 1 rings (SSSR count). The highest BCUT2D eigenvalue weighted by atomic mass is 16.5. The summed E-state index contributed by atoms with van der Waals surface area (Å²) in [5.74, 6) is -0.779. The summed E-state index contributed by atoms with van der Waals surface area (Å²) >= 11 is 0. The van der Waals surface area contributed by atoms with Gasteiger partial charge in [-0.2, -0.15) is 0 Å². The van der Waals surface area contributed by atoms with E-state index in [2.05, 4.69) is 0 Å². The van der Waals surface area contributed by atoms with E-state index in [9.17, 15) is 4.79 Å². The molecular weight excluding hydrogens is 182 g/mol. The molecule has 1 saturated heterocycles. The van der Waals surface area contributed by atoms with Gasteiger partial charge in [0.2, 0.25) is 0 Å². The zero-order valence-electron chi connectivity index (χ0n) is 9.28. The summed E-state index contributed by atoms with van der Waals surface area (Å²) in [6.45, 7) is 8.79. The number of rotatable bonds is 2. The number of hydrogen-bond donors (Lipinski definition) is 1. The van der Waals surface area contributed by atoms with Gasteiger partial charge in [-0.15, -0.1) is 0 Å². The lowest BCUT2D eigenvalue weighted by molar-refractivity contribution is -0.157. The summed E-state index contributed by atoms with van der Waals surface area (Å²) in [5.41, 5.74) is -0.799. The number of carbonyl (C=O) groups is 1. The molecule has 0 spiro atoms. The van der Waals surface area contributed by atoms with Gasteiger partial charge in [0.05, 0.1) is 12.2 Å². The maximum absolute atomic E-state index is 11.1. The Bertz CT molecular complexity index is 217. The van der Waals surface area contributed by atoms with Gasteiger partial charge >= 0.3 is 5.97 Å². The molecule has 1 fully saturated rings. The SMILES string of the molecule is C[C@H]1CN(C(C)(C)C(=O)O)C[C@H](C)O1. The predicted molar refractivity (Wildman–Crippen MR) is 53.3 cm³/mol. The number of carboxylic acid groups (broad SMARTS) is 1. The molecule has 82 valence electrons. The molecule has 1 heterocycles. The Morgan fingerprint density at radius 2 is 1.79 bits per heavy atom. The van der Waals surface area contributed by atoms with Crippen LogP contribution in [0.3, 0.4) is 0 Å². The van der Waals surface area contributed by atoms with Gasteiger partial charge in [0, 0.05) is 13.1 Å². The Labute approximate surface area is 84.8 Å². The Morgan fingerprint density at radius 3 is 2.14 bits per heavy atom. The van der Waals surface area contributed by atoms with E-state index in [0.29, 0.717) is 13.1 Å². The first-order chi connectivity index (χ1) is 6.34. The Morgan fingerprint density at radius 1 is 1.36 bits per heavy atom. The van der Waals surface area contributed by atoms with Crippen molar-refractivity contribution in [2.24, 2.45) is 0 Å². The zero-order valence-corrected chi connectivity index (χ0v) is 9.28. The Hall–Kier alpha value is -0.610. The molecule has 2 atom stereocenters. The summed E-state index contributed by atoms with van der Waals surface area (Å²) < 4.78 is 5.56. The topological polar surface area (TPSA) is 49.8 Å². The van der Waals surface area contributed by atoms with E-state index in [4.69, 9.17) is 9.84 Å². The second kappa shape index (κ2) is 3.87. The number of hydrogen-bond acceptors (Lipinski definition) is 3. The molecule has 14 heavy (non-hydrogen) atoms. The first-order valence-electron chi connectivity index (χ1n) is 4.98. The normalized spacial score (nSPS) is 30.3. The lowest BCUT2D eigenvalue weighted by atomic mass is 10.0. The van der Waals surface area contributed by atoms with E-state index in [1.54, 1.807) is 13.8 Å². The fourth-order valence-corrected chi connectivity index (χ4v) is 1.77. The van der Waals surface area contributed by atoms with Crippen molar-refractivity contribution in [3.63, 3.8) is 0 Å². The summed E-state index contributed by atoms with van der Waals surface area (Å²) in [4.78, 5) is 13.0. The molecule has 4 heteroatoms. The molecule has 1 aliphatic rings. The number of morpholine rings is 1. The van der Waals surface area contributed by atoms with Gasteiger partial charge in [0.15, 0.2) is 0 Å². The summed E-state index contributed by atoms with van der Waals surface area (Å²) in [5, 5.41) is 9.08. The average Bonchev–Trinajstić information content (AvgIpc) is 2.01. The number of nitrogens with zero attached hydrogens (tertiary/aromatic N) is 1. The molecule has 0 aromatic rings. The summed E-state index contributed by atoms with van der Waals surface area (Å²) in [7, 11) is 0. The smallest absolute Gasteiger partial charge is 0.323 e. The van der Waals surface area contributed by atoms with Crippen LogP contribution < -0.4 is 0 Å². The van der Waals surface area contributed by atoms with Gasteiger partial charge in [-0.25, -0.2) is 0 Å². The zero-order chi connectivity index (χ0) is 10.9. The second-order valence-electron chi connectivity index (χ2n) is 4.53. The highest BCUT2D eigenvalue weighted by Gasteiger charge is 2.38. The number of aliphatic carboxylic acids is 1. The van der Waals surface area contributed by atoms with Crippen LogP contribution in [0, 0.1) is 0 Å². The van der Waals surface area contributed by atoms with Crippen molar-refractivity contribution in [1.29, 1.82) is 0 Å².